The summed E-state index contributed by atoms with van der Waals surface area (Å²) in [5, 5.41) is 0.360. The van der Waals surface area contributed by atoms with E-state index in [-0.39, 0.29) is 32.2 Å². The number of carbonyl (C=O) groups is 2. The normalized spacial score (nSPS) is 16.7. The van der Waals surface area contributed by atoms with E-state index < -0.39 is 0 Å². The van der Waals surface area contributed by atoms with Crippen LogP contribution < -0.4 is 0 Å². The van der Waals surface area contributed by atoms with Crippen LogP contribution >= 0.6 is 57.9 Å². The molecule has 0 saturated carbocycles. The first-order valence-electron chi connectivity index (χ1n) is 6.26. The fraction of sp³-hybridized carbons (Fsp3) is 0.0714. The molecule has 1 aliphatic rings. The van der Waals surface area contributed by atoms with Gasteiger partial charge < -0.3 is 0 Å². The lowest BCUT2D eigenvalue weighted by Crippen LogP contribution is -2.27. The number of benzene rings is 1. The molecule has 118 valence electrons. The Balaban J connectivity index is 1.86. The fourth-order valence-corrected chi connectivity index (χ4v) is 4.33. The molecule has 1 saturated heterocycles. The van der Waals surface area contributed by atoms with E-state index in [0.29, 0.717) is 15.5 Å². The number of halogens is 3. The van der Waals surface area contributed by atoms with Gasteiger partial charge in [-0.3, -0.25) is 14.5 Å². The lowest BCUT2D eigenvalue weighted by atomic mass is 10.2. The molecule has 2 amide bonds. The van der Waals surface area contributed by atoms with Crippen molar-refractivity contribution in [2.45, 2.75) is 6.54 Å². The number of aromatic nitrogens is 1. The van der Waals surface area contributed by atoms with Gasteiger partial charge >= 0.3 is 0 Å². The first kappa shape index (κ1) is 16.8. The molecular weight excluding hydrogens is 399 g/mol. The van der Waals surface area contributed by atoms with E-state index in [2.05, 4.69) is 4.98 Å². The van der Waals surface area contributed by atoms with Gasteiger partial charge in [-0.15, -0.1) is 11.3 Å². The summed E-state index contributed by atoms with van der Waals surface area (Å²) in [4.78, 5) is 30.4. The molecule has 2 heterocycles. The summed E-state index contributed by atoms with van der Waals surface area (Å²) in [6.45, 7) is 0.124. The minimum absolute atomic E-state index is 0.124. The summed E-state index contributed by atoms with van der Waals surface area (Å²) in [6.07, 6.45) is 1.53. The van der Waals surface area contributed by atoms with E-state index in [1.54, 1.807) is 24.3 Å². The number of rotatable bonds is 3. The summed E-state index contributed by atoms with van der Waals surface area (Å²) in [7, 11) is 0. The molecule has 0 spiro atoms. The molecule has 1 fully saturated rings. The van der Waals surface area contributed by atoms with Crippen molar-refractivity contribution in [1.29, 1.82) is 0 Å². The highest BCUT2D eigenvalue weighted by Crippen LogP contribution is 2.37. The third kappa shape index (κ3) is 3.56. The van der Waals surface area contributed by atoms with Gasteiger partial charge in [-0.05, 0) is 29.5 Å². The minimum Gasteiger partial charge on any atom is -0.268 e. The Hall–Kier alpha value is -1.05. The second-order valence-corrected chi connectivity index (χ2v) is 7.85. The van der Waals surface area contributed by atoms with Crippen molar-refractivity contribution >= 4 is 75.1 Å². The van der Waals surface area contributed by atoms with Crippen molar-refractivity contribution in [2.24, 2.45) is 0 Å². The van der Waals surface area contributed by atoms with Gasteiger partial charge in [0.2, 0.25) is 0 Å². The van der Waals surface area contributed by atoms with E-state index in [0.717, 1.165) is 28.0 Å². The van der Waals surface area contributed by atoms with E-state index in [9.17, 15) is 9.59 Å². The van der Waals surface area contributed by atoms with Gasteiger partial charge in [0.25, 0.3) is 11.1 Å². The summed E-state index contributed by atoms with van der Waals surface area (Å²) in [6, 6.07) is 7.07. The Bertz CT molecular complexity index is 835. The van der Waals surface area contributed by atoms with Crippen LogP contribution in [-0.4, -0.2) is 21.0 Å². The van der Waals surface area contributed by atoms with E-state index >= 15 is 0 Å². The number of carbonyl (C=O) groups excluding carboxylic acids is 2. The topological polar surface area (TPSA) is 50.3 Å². The summed E-state index contributed by atoms with van der Waals surface area (Å²) in [5.74, 6) is -0.388. The zero-order valence-corrected chi connectivity index (χ0v) is 15.2. The Morgan fingerprint density at radius 2 is 1.91 bits per heavy atom. The Kier molecular flexibility index (Phi) is 4.98. The number of thiazole rings is 1. The highest BCUT2D eigenvalue weighted by molar-refractivity contribution is 8.18. The van der Waals surface area contributed by atoms with Crippen LogP contribution in [0.2, 0.25) is 14.6 Å². The molecule has 0 radical (unpaired) electrons. The molecule has 0 N–H and O–H groups in total. The summed E-state index contributed by atoms with van der Waals surface area (Å²) < 4.78 is 0.275. The van der Waals surface area contributed by atoms with Crippen molar-refractivity contribution in [1.82, 2.24) is 9.88 Å². The Labute approximate surface area is 155 Å². The van der Waals surface area contributed by atoms with Gasteiger partial charge in [0, 0.05) is 5.02 Å². The number of hydrogen-bond donors (Lipinski definition) is 0. The van der Waals surface area contributed by atoms with E-state index in [1.165, 1.54) is 6.08 Å². The van der Waals surface area contributed by atoms with Crippen molar-refractivity contribution in [3.05, 3.63) is 54.3 Å². The van der Waals surface area contributed by atoms with Crippen LogP contribution in [-0.2, 0) is 11.3 Å². The minimum atomic E-state index is -0.388. The van der Waals surface area contributed by atoms with Gasteiger partial charge in [0.1, 0.15) is 5.15 Å². The van der Waals surface area contributed by atoms with Crippen molar-refractivity contribution in [3.63, 3.8) is 0 Å². The van der Waals surface area contributed by atoms with Crippen LogP contribution in [0.3, 0.4) is 0 Å². The molecule has 1 aromatic heterocycles. The molecule has 0 atom stereocenters. The predicted molar refractivity (Wildman–Crippen MR) is 95.1 cm³/mol. The molecule has 23 heavy (non-hydrogen) atoms. The quantitative estimate of drug-likeness (QED) is 0.647. The standard InChI is InChI=1S/C14H7Cl3N2O2S2/c15-8-4-2-1-3-7(8)6-19-12(20)10(23-14(19)21)5-9-11(16)18-13(17)22-9/h1-5H,6H2/b10-5+. The second-order valence-electron chi connectivity index (χ2n) is 4.48. The Morgan fingerprint density at radius 1 is 1.17 bits per heavy atom. The van der Waals surface area contributed by atoms with Crippen LogP contribution in [0, 0.1) is 0 Å². The molecular formula is C14H7Cl3N2O2S2. The fourth-order valence-electron chi connectivity index (χ4n) is 1.93. The SMILES string of the molecule is O=C1S/C(=C/c2sc(Cl)nc2Cl)C(=O)N1Cc1ccccc1Cl. The molecule has 3 rings (SSSR count). The molecule has 9 heteroatoms. The highest BCUT2D eigenvalue weighted by atomic mass is 35.5. The summed E-state index contributed by atoms with van der Waals surface area (Å²) in [5.41, 5.74) is 0.705. The van der Waals surface area contributed by atoms with Crippen LogP contribution in [0.1, 0.15) is 10.4 Å². The zero-order valence-electron chi connectivity index (χ0n) is 11.3. The maximum atomic E-state index is 12.4. The van der Waals surface area contributed by atoms with Gasteiger partial charge in [-0.1, -0.05) is 53.0 Å². The number of hydrogen-bond acceptors (Lipinski definition) is 5. The van der Waals surface area contributed by atoms with Crippen molar-refractivity contribution < 1.29 is 9.59 Å². The monoisotopic (exact) mass is 404 g/mol. The first-order chi connectivity index (χ1) is 11.0. The van der Waals surface area contributed by atoms with Crippen molar-refractivity contribution in [3.8, 4) is 0 Å². The van der Waals surface area contributed by atoms with E-state index in [1.807, 2.05) is 0 Å². The number of amides is 2. The van der Waals surface area contributed by atoms with Gasteiger partial charge in [0.15, 0.2) is 4.47 Å². The average molecular weight is 406 g/mol. The predicted octanol–water partition coefficient (Wildman–Crippen LogP) is 5.34. The Morgan fingerprint density at radius 3 is 2.57 bits per heavy atom. The molecule has 0 bridgehead atoms. The first-order valence-corrected chi connectivity index (χ1v) is 9.03. The van der Waals surface area contributed by atoms with Crippen LogP contribution in [0.15, 0.2) is 29.2 Å². The van der Waals surface area contributed by atoms with E-state index in [4.69, 9.17) is 34.8 Å². The van der Waals surface area contributed by atoms with Crippen LogP contribution in [0.5, 0.6) is 0 Å². The number of nitrogens with zero attached hydrogens (tertiary/aromatic N) is 2. The van der Waals surface area contributed by atoms with Gasteiger partial charge in [-0.2, -0.15) is 0 Å². The highest BCUT2D eigenvalue weighted by Gasteiger charge is 2.35. The largest absolute Gasteiger partial charge is 0.293 e. The lowest BCUT2D eigenvalue weighted by molar-refractivity contribution is -0.123. The molecule has 1 aliphatic heterocycles. The molecule has 2 aromatic rings. The maximum absolute atomic E-state index is 12.4. The van der Waals surface area contributed by atoms with Gasteiger partial charge in [0.05, 0.1) is 16.3 Å². The molecule has 0 unspecified atom stereocenters. The zero-order chi connectivity index (χ0) is 16.6. The maximum Gasteiger partial charge on any atom is 0.293 e. The number of imide groups is 1. The average Bonchev–Trinajstić information content (AvgIpc) is 2.95. The van der Waals surface area contributed by atoms with Crippen LogP contribution in [0.4, 0.5) is 4.79 Å². The lowest BCUT2D eigenvalue weighted by Gasteiger charge is -2.13. The number of thioether (sulfide) groups is 1. The third-order valence-electron chi connectivity index (χ3n) is 3.01. The third-order valence-corrected chi connectivity index (χ3v) is 5.79. The van der Waals surface area contributed by atoms with Crippen molar-refractivity contribution in [2.75, 3.05) is 0 Å². The van der Waals surface area contributed by atoms with Crippen LogP contribution in [0.25, 0.3) is 6.08 Å². The molecule has 1 aromatic carbocycles. The summed E-state index contributed by atoms with van der Waals surface area (Å²) >= 11 is 19.8. The van der Waals surface area contributed by atoms with Gasteiger partial charge in [-0.25, -0.2) is 4.98 Å². The molecule has 4 nitrogen and oxygen atoms in total. The second kappa shape index (κ2) is 6.83. The molecule has 0 aliphatic carbocycles. The smallest absolute Gasteiger partial charge is 0.268 e.